The second-order valence-corrected chi connectivity index (χ2v) is 7.13. The first-order chi connectivity index (χ1) is 14.2. The monoisotopic (exact) mass is 376 g/mol. The Morgan fingerprint density at radius 1 is 0.655 bits per heavy atom. The molecular formula is C27H24N2. The van der Waals surface area contributed by atoms with Gasteiger partial charge in [-0.3, -0.25) is 0 Å². The lowest BCUT2D eigenvalue weighted by atomic mass is 9.95. The molecular weight excluding hydrogens is 352 g/mol. The molecule has 142 valence electrons. The van der Waals surface area contributed by atoms with Crippen LogP contribution in [-0.2, 0) is 0 Å². The summed E-state index contributed by atoms with van der Waals surface area (Å²) in [5, 5.41) is 4.55. The molecule has 0 unspecified atom stereocenters. The van der Waals surface area contributed by atoms with Crippen molar-refractivity contribution in [2.45, 2.75) is 13.8 Å². The van der Waals surface area contributed by atoms with Crippen LogP contribution in [-0.4, -0.2) is 9.78 Å². The molecule has 0 N–H and O–H groups in total. The Kier molecular flexibility index (Phi) is 5.53. The van der Waals surface area contributed by atoms with Crippen LogP contribution in [0.2, 0.25) is 0 Å². The zero-order valence-electron chi connectivity index (χ0n) is 16.8. The molecule has 0 bridgehead atoms. The first-order valence-electron chi connectivity index (χ1n) is 9.83. The Morgan fingerprint density at radius 2 is 1.17 bits per heavy atom. The zero-order valence-corrected chi connectivity index (χ0v) is 16.8. The van der Waals surface area contributed by atoms with Crippen molar-refractivity contribution in [3.8, 4) is 5.69 Å². The molecule has 0 amide bonds. The molecule has 0 saturated carbocycles. The fraction of sp³-hybridized carbons (Fsp3) is 0.0741. The molecule has 1 aromatic heterocycles. The van der Waals surface area contributed by atoms with Gasteiger partial charge in [-0.15, -0.1) is 0 Å². The molecule has 0 saturated heterocycles. The van der Waals surface area contributed by atoms with E-state index >= 15 is 0 Å². The Bertz CT molecular complexity index is 1060. The number of allylic oxidation sites excluding steroid dienone is 2. The number of para-hydroxylation sites is 1. The number of hydrogen-bond acceptors (Lipinski definition) is 1. The van der Waals surface area contributed by atoms with E-state index < -0.39 is 0 Å². The van der Waals surface area contributed by atoms with Gasteiger partial charge in [-0.25, -0.2) is 4.68 Å². The quantitative estimate of drug-likeness (QED) is 0.343. The van der Waals surface area contributed by atoms with E-state index in [1.165, 1.54) is 33.4 Å². The predicted octanol–water partition coefficient (Wildman–Crippen LogP) is 6.99. The number of benzene rings is 3. The van der Waals surface area contributed by atoms with E-state index in [4.69, 9.17) is 0 Å². The molecule has 4 rings (SSSR count). The van der Waals surface area contributed by atoms with E-state index in [9.17, 15) is 0 Å². The summed E-state index contributed by atoms with van der Waals surface area (Å²) < 4.78 is 1.97. The summed E-state index contributed by atoms with van der Waals surface area (Å²) in [5.41, 5.74) is 8.25. The first kappa shape index (κ1) is 18.7. The molecule has 0 spiro atoms. The highest BCUT2D eigenvalue weighted by atomic mass is 15.3. The molecule has 0 radical (unpaired) electrons. The minimum Gasteiger partial charge on any atom is -0.240 e. The van der Waals surface area contributed by atoms with Crippen molar-refractivity contribution in [1.29, 1.82) is 0 Å². The highest BCUT2D eigenvalue weighted by molar-refractivity contribution is 5.90. The fourth-order valence-electron chi connectivity index (χ4n) is 3.58. The minimum absolute atomic E-state index is 1.10. The molecule has 0 fully saturated rings. The summed E-state index contributed by atoms with van der Waals surface area (Å²) in [7, 11) is 0. The van der Waals surface area contributed by atoms with Gasteiger partial charge in [0.05, 0.1) is 5.69 Å². The summed E-state index contributed by atoms with van der Waals surface area (Å²) in [6.45, 7) is 4.32. The third kappa shape index (κ3) is 4.27. The van der Waals surface area contributed by atoms with Crippen LogP contribution in [0.5, 0.6) is 0 Å². The summed E-state index contributed by atoms with van der Waals surface area (Å²) in [6, 6.07) is 29.3. The molecule has 4 aromatic rings. The second kappa shape index (κ2) is 8.57. The van der Waals surface area contributed by atoms with Crippen molar-refractivity contribution in [3.63, 3.8) is 0 Å². The van der Waals surface area contributed by atoms with Gasteiger partial charge in [0, 0.05) is 23.5 Å². The van der Waals surface area contributed by atoms with Crippen molar-refractivity contribution >= 4 is 23.3 Å². The van der Waals surface area contributed by atoms with Crippen molar-refractivity contribution in [1.82, 2.24) is 9.78 Å². The molecule has 2 nitrogen and oxygen atoms in total. The normalized spacial score (nSPS) is 12.2. The predicted molar refractivity (Wildman–Crippen MR) is 124 cm³/mol. The zero-order chi connectivity index (χ0) is 20.1. The van der Waals surface area contributed by atoms with Gasteiger partial charge in [0.15, 0.2) is 0 Å². The SMILES string of the molecule is C/C(=C/c1ccccc1)c1cccc(/C(C)=C/c2ccccc2)c1-n1cccn1. The Labute approximate surface area is 172 Å². The second-order valence-electron chi connectivity index (χ2n) is 7.13. The smallest absolute Gasteiger partial charge is 0.0795 e. The number of nitrogens with zero attached hydrogens (tertiary/aromatic N) is 2. The van der Waals surface area contributed by atoms with Crippen LogP contribution in [0.25, 0.3) is 29.0 Å². The summed E-state index contributed by atoms with van der Waals surface area (Å²) in [6.07, 6.45) is 8.28. The maximum absolute atomic E-state index is 4.55. The highest BCUT2D eigenvalue weighted by Gasteiger charge is 2.13. The Hall–Kier alpha value is -3.65. The minimum atomic E-state index is 1.10. The fourth-order valence-corrected chi connectivity index (χ4v) is 3.58. The van der Waals surface area contributed by atoms with Gasteiger partial charge in [-0.2, -0.15) is 5.10 Å². The maximum atomic E-state index is 4.55. The van der Waals surface area contributed by atoms with Gasteiger partial charge in [-0.1, -0.05) is 91.0 Å². The van der Waals surface area contributed by atoms with Gasteiger partial charge >= 0.3 is 0 Å². The summed E-state index contributed by atoms with van der Waals surface area (Å²) in [4.78, 5) is 0. The largest absolute Gasteiger partial charge is 0.240 e. The third-order valence-electron chi connectivity index (χ3n) is 4.98. The van der Waals surface area contributed by atoms with Crippen molar-refractivity contribution < 1.29 is 0 Å². The van der Waals surface area contributed by atoms with Crippen LogP contribution < -0.4 is 0 Å². The van der Waals surface area contributed by atoms with E-state index in [0.717, 1.165) is 5.69 Å². The Balaban J connectivity index is 1.86. The standard InChI is InChI=1S/C27H24N2/c1-21(19-23-11-5-3-6-12-23)25-15-9-16-26(27(25)29-18-10-17-28-29)22(2)20-24-13-7-4-8-14-24/h3-20H,1-2H3/b21-19-,22-20+. The van der Waals surface area contributed by atoms with E-state index in [2.05, 4.69) is 97.8 Å². The maximum Gasteiger partial charge on any atom is 0.0795 e. The van der Waals surface area contributed by atoms with E-state index in [1.54, 1.807) is 0 Å². The lowest BCUT2D eigenvalue weighted by Gasteiger charge is -2.16. The average Bonchev–Trinajstić information content (AvgIpc) is 3.29. The molecule has 1 heterocycles. The molecule has 0 aliphatic carbocycles. The van der Waals surface area contributed by atoms with E-state index in [1.807, 2.05) is 35.3 Å². The van der Waals surface area contributed by atoms with Crippen molar-refractivity contribution in [2.24, 2.45) is 0 Å². The van der Waals surface area contributed by atoms with Crippen LogP contribution in [0.4, 0.5) is 0 Å². The van der Waals surface area contributed by atoms with Crippen LogP contribution in [0, 0.1) is 0 Å². The Morgan fingerprint density at radius 3 is 1.62 bits per heavy atom. The van der Waals surface area contributed by atoms with Gasteiger partial charge < -0.3 is 0 Å². The number of hydrogen-bond donors (Lipinski definition) is 0. The van der Waals surface area contributed by atoms with E-state index in [-0.39, 0.29) is 0 Å². The van der Waals surface area contributed by atoms with Crippen molar-refractivity contribution in [2.75, 3.05) is 0 Å². The van der Waals surface area contributed by atoms with Gasteiger partial charge in [0.1, 0.15) is 0 Å². The molecule has 3 aromatic carbocycles. The first-order valence-corrected chi connectivity index (χ1v) is 9.83. The number of rotatable bonds is 5. The molecule has 0 atom stereocenters. The third-order valence-corrected chi connectivity index (χ3v) is 4.98. The number of aromatic nitrogens is 2. The molecule has 0 aliphatic rings. The topological polar surface area (TPSA) is 17.8 Å². The van der Waals surface area contributed by atoms with Crippen LogP contribution >= 0.6 is 0 Å². The van der Waals surface area contributed by atoms with Crippen LogP contribution in [0.15, 0.2) is 97.3 Å². The molecule has 29 heavy (non-hydrogen) atoms. The van der Waals surface area contributed by atoms with Gasteiger partial charge in [0.2, 0.25) is 0 Å². The lowest BCUT2D eigenvalue weighted by Crippen LogP contribution is -2.03. The van der Waals surface area contributed by atoms with Crippen LogP contribution in [0.3, 0.4) is 0 Å². The van der Waals surface area contributed by atoms with Gasteiger partial charge in [0.25, 0.3) is 0 Å². The van der Waals surface area contributed by atoms with Gasteiger partial charge in [-0.05, 0) is 42.2 Å². The molecule has 0 aliphatic heterocycles. The average molecular weight is 377 g/mol. The van der Waals surface area contributed by atoms with E-state index in [0.29, 0.717) is 0 Å². The summed E-state index contributed by atoms with van der Waals surface area (Å²) in [5.74, 6) is 0. The molecule has 2 heteroatoms. The van der Waals surface area contributed by atoms with Crippen molar-refractivity contribution in [3.05, 3.63) is 120 Å². The lowest BCUT2D eigenvalue weighted by molar-refractivity contribution is 0.874. The highest BCUT2D eigenvalue weighted by Crippen LogP contribution is 2.32. The summed E-state index contributed by atoms with van der Waals surface area (Å²) >= 11 is 0. The van der Waals surface area contributed by atoms with Crippen LogP contribution in [0.1, 0.15) is 36.1 Å².